The lowest BCUT2D eigenvalue weighted by atomic mass is 10.1. The highest BCUT2D eigenvalue weighted by atomic mass is 79.9. The van der Waals surface area contributed by atoms with Crippen LogP contribution in [-0.4, -0.2) is 38.0 Å². The zero-order chi connectivity index (χ0) is 15.8. The second kappa shape index (κ2) is 6.12. The quantitative estimate of drug-likeness (QED) is 0.732. The third-order valence-electron chi connectivity index (χ3n) is 3.36. The van der Waals surface area contributed by atoms with Crippen LogP contribution < -0.4 is 0 Å². The van der Waals surface area contributed by atoms with E-state index in [0.29, 0.717) is 11.1 Å². The molecule has 0 unspecified atom stereocenters. The van der Waals surface area contributed by atoms with Crippen LogP contribution in [0.4, 0.5) is 4.39 Å². The van der Waals surface area contributed by atoms with Crippen molar-refractivity contribution in [2.45, 2.75) is 30.2 Å². The maximum absolute atomic E-state index is 14.4. The van der Waals surface area contributed by atoms with Gasteiger partial charge in [-0.3, -0.25) is 0 Å². The lowest BCUT2D eigenvalue weighted by molar-refractivity contribution is -0.00779. The van der Waals surface area contributed by atoms with Gasteiger partial charge in [0.25, 0.3) is 0 Å². The van der Waals surface area contributed by atoms with Crippen LogP contribution in [0, 0.1) is 5.82 Å². The minimum atomic E-state index is -3.97. The molecule has 0 atom stereocenters. The van der Waals surface area contributed by atoms with Gasteiger partial charge < -0.3 is 4.74 Å². The van der Waals surface area contributed by atoms with Gasteiger partial charge in [-0.25, -0.2) is 12.8 Å². The Morgan fingerprint density at radius 3 is 2.71 bits per heavy atom. The average molecular weight is 401 g/mol. The Morgan fingerprint density at radius 1 is 1.48 bits per heavy atom. The van der Waals surface area contributed by atoms with Crippen LogP contribution >= 0.6 is 27.5 Å². The number of nitrogens with zero attached hydrogens (tertiary/aromatic N) is 1. The molecule has 0 bridgehead atoms. The van der Waals surface area contributed by atoms with Crippen LogP contribution in [0.3, 0.4) is 0 Å². The molecule has 0 amide bonds. The molecule has 0 aliphatic carbocycles. The lowest BCUT2D eigenvalue weighted by Crippen LogP contribution is -2.55. The summed E-state index contributed by atoms with van der Waals surface area (Å²) in [6.45, 7) is 4.26. The summed E-state index contributed by atoms with van der Waals surface area (Å²) in [6.07, 6.45) is 0. The van der Waals surface area contributed by atoms with Crippen molar-refractivity contribution in [3.05, 3.63) is 28.0 Å². The van der Waals surface area contributed by atoms with Gasteiger partial charge in [0.05, 0.1) is 24.6 Å². The Morgan fingerprint density at radius 2 is 2.14 bits per heavy atom. The van der Waals surface area contributed by atoms with Crippen molar-refractivity contribution in [2.24, 2.45) is 0 Å². The molecule has 1 aromatic carbocycles. The molecule has 1 aromatic rings. The molecule has 0 aromatic heterocycles. The molecule has 8 heteroatoms. The molecule has 1 fully saturated rings. The Hall–Kier alpha value is -0.210. The highest BCUT2D eigenvalue weighted by Gasteiger charge is 2.41. The van der Waals surface area contributed by atoms with Gasteiger partial charge >= 0.3 is 0 Å². The molecule has 0 radical (unpaired) electrons. The molecule has 4 nitrogen and oxygen atoms in total. The molecule has 0 spiro atoms. The zero-order valence-corrected chi connectivity index (χ0v) is 14.9. The van der Waals surface area contributed by atoms with E-state index in [4.69, 9.17) is 16.3 Å². The highest BCUT2D eigenvalue weighted by molar-refractivity contribution is 9.10. The summed E-state index contributed by atoms with van der Waals surface area (Å²) in [5.74, 6) is -0.893. The number of hydrogen-bond donors (Lipinski definition) is 0. The smallest absolute Gasteiger partial charge is 0.246 e. The Kier molecular flexibility index (Phi) is 5.00. The van der Waals surface area contributed by atoms with Gasteiger partial charge in [-0.15, -0.1) is 11.6 Å². The van der Waals surface area contributed by atoms with Crippen LogP contribution in [0.25, 0.3) is 0 Å². The molecule has 1 saturated heterocycles. The third kappa shape index (κ3) is 3.27. The molecule has 2 rings (SSSR count). The van der Waals surface area contributed by atoms with Gasteiger partial charge in [-0.2, -0.15) is 4.31 Å². The van der Waals surface area contributed by atoms with E-state index in [1.165, 1.54) is 16.4 Å². The summed E-state index contributed by atoms with van der Waals surface area (Å²) < 4.78 is 47.1. The fraction of sp³-hybridized carbons (Fsp3) is 0.538. The van der Waals surface area contributed by atoms with Crippen molar-refractivity contribution < 1.29 is 17.5 Å². The number of morpholine rings is 1. The average Bonchev–Trinajstić information content (AvgIpc) is 2.40. The van der Waals surface area contributed by atoms with Crippen molar-refractivity contribution in [3.8, 4) is 0 Å². The maximum atomic E-state index is 14.4. The predicted octanol–water partition coefficient (Wildman–Crippen LogP) is 3.13. The summed E-state index contributed by atoms with van der Waals surface area (Å²) in [5.41, 5.74) is -0.580. The first-order valence-electron chi connectivity index (χ1n) is 6.34. The number of halogens is 3. The number of rotatable bonds is 3. The maximum Gasteiger partial charge on any atom is 0.246 e. The largest absolute Gasteiger partial charge is 0.378 e. The monoisotopic (exact) mass is 399 g/mol. The van der Waals surface area contributed by atoms with E-state index in [0.717, 1.165) is 0 Å². The summed E-state index contributed by atoms with van der Waals surface area (Å²) in [7, 11) is -3.97. The number of ether oxygens (including phenoxy) is 1. The van der Waals surface area contributed by atoms with Crippen molar-refractivity contribution in [1.82, 2.24) is 4.31 Å². The first-order valence-corrected chi connectivity index (χ1v) is 9.11. The fourth-order valence-electron chi connectivity index (χ4n) is 2.31. The Balaban J connectivity index is 2.56. The minimum absolute atomic E-state index is 0.0969. The summed E-state index contributed by atoms with van der Waals surface area (Å²) in [4.78, 5) is -0.359. The Bertz CT molecular complexity index is 651. The molecule has 1 aliphatic heterocycles. The molecule has 21 heavy (non-hydrogen) atoms. The zero-order valence-electron chi connectivity index (χ0n) is 11.7. The lowest BCUT2D eigenvalue weighted by Gasteiger charge is -2.40. The Labute approximate surface area is 137 Å². The first kappa shape index (κ1) is 17.1. The van der Waals surface area contributed by atoms with E-state index >= 15 is 0 Å². The van der Waals surface area contributed by atoms with Crippen molar-refractivity contribution in [1.29, 1.82) is 0 Å². The van der Waals surface area contributed by atoms with Gasteiger partial charge in [0.2, 0.25) is 10.0 Å². The molecule has 118 valence electrons. The third-order valence-corrected chi connectivity index (χ3v) is 6.22. The van der Waals surface area contributed by atoms with Crippen LogP contribution in [0.15, 0.2) is 21.5 Å². The molecule has 0 saturated carbocycles. The van der Waals surface area contributed by atoms with Gasteiger partial charge in [-0.05, 0) is 26.0 Å². The van der Waals surface area contributed by atoms with E-state index < -0.39 is 21.4 Å². The highest BCUT2D eigenvalue weighted by Crippen LogP contribution is 2.32. The second-order valence-electron chi connectivity index (χ2n) is 5.45. The normalized spacial score (nSPS) is 19.7. The molecule has 1 aliphatic rings. The molecular formula is C13H16BrClFNO3S. The summed E-state index contributed by atoms with van der Waals surface area (Å²) in [6, 6.07) is 2.75. The number of alkyl halides is 1. The van der Waals surface area contributed by atoms with Gasteiger partial charge in [0, 0.05) is 16.6 Å². The first-order chi connectivity index (χ1) is 9.70. The van der Waals surface area contributed by atoms with Crippen LogP contribution in [0.2, 0.25) is 0 Å². The van der Waals surface area contributed by atoms with Crippen molar-refractivity contribution in [3.63, 3.8) is 0 Å². The number of hydrogen-bond acceptors (Lipinski definition) is 3. The van der Waals surface area contributed by atoms with Crippen LogP contribution in [0.1, 0.15) is 19.4 Å². The van der Waals surface area contributed by atoms with Gasteiger partial charge in [0.15, 0.2) is 0 Å². The van der Waals surface area contributed by atoms with E-state index in [1.54, 1.807) is 13.8 Å². The number of sulfonamides is 1. The number of benzene rings is 1. The minimum Gasteiger partial charge on any atom is -0.378 e. The van der Waals surface area contributed by atoms with E-state index in [2.05, 4.69) is 15.9 Å². The summed E-state index contributed by atoms with van der Waals surface area (Å²) >= 11 is 8.88. The van der Waals surface area contributed by atoms with Crippen LogP contribution in [-0.2, 0) is 20.6 Å². The van der Waals surface area contributed by atoms with E-state index in [1.807, 2.05) is 0 Å². The van der Waals surface area contributed by atoms with E-state index in [9.17, 15) is 12.8 Å². The summed E-state index contributed by atoms with van der Waals surface area (Å²) in [5, 5.41) is 0. The van der Waals surface area contributed by atoms with E-state index in [-0.39, 0.29) is 29.5 Å². The molecule has 1 heterocycles. The van der Waals surface area contributed by atoms with Crippen molar-refractivity contribution >= 4 is 37.6 Å². The molecular weight excluding hydrogens is 385 g/mol. The van der Waals surface area contributed by atoms with Gasteiger partial charge in [-0.1, -0.05) is 15.9 Å². The standard InChI is InChI=1S/C13H16BrClFNO3S/c1-13(2)8-20-4-3-17(13)21(18,19)11-6-10(14)5-9(7-15)12(11)16/h5-6H,3-4,7-8H2,1-2H3. The van der Waals surface area contributed by atoms with Gasteiger partial charge in [0.1, 0.15) is 10.7 Å². The predicted molar refractivity (Wildman–Crippen MR) is 82.4 cm³/mol. The molecule has 0 N–H and O–H groups in total. The second-order valence-corrected chi connectivity index (χ2v) is 8.47. The van der Waals surface area contributed by atoms with Crippen molar-refractivity contribution in [2.75, 3.05) is 19.8 Å². The SMILES string of the molecule is CC1(C)COCCN1S(=O)(=O)c1cc(Br)cc(CCl)c1F. The van der Waals surface area contributed by atoms with Crippen LogP contribution in [0.5, 0.6) is 0 Å². The fourth-order valence-corrected chi connectivity index (χ4v) is 5.05. The topological polar surface area (TPSA) is 46.6 Å².